The van der Waals surface area contributed by atoms with Crippen molar-refractivity contribution in [1.29, 1.82) is 0 Å². The highest BCUT2D eigenvalue weighted by atomic mass is 16.5. The summed E-state index contributed by atoms with van der Waals surface area (Å²) in [5.74, 6) is 0.574. The predicted octanol–water partition coefficient (Wildman–Crippen LogP) is 4.59. The van der Waals surface area contributed by atoms with Crippen molar-refractivity contribution in [3.05, 3.63) is 112 Å². The summed E-state index contributed by atoms with van der Waals surface area (Å²) >= 11 is 0. The van der Waals surface area contributed by atoms with Gasteiger partial charge in [0.2, 0.25) is 5.91 Å². The lowest BCUT2D eigenvalue weighted by Gasteiger charge is -2.40. The van der Waals surface area contributed by atoms with Gasteiger partial charge in [0.05, 0.1) is 25.1 Å². The molecule has 1 fully saturated rings. The molecule has 36 heavy (non-hydrogen) atoms. The van der Waals surface area contributed by atoms with E-state index in [0.29, 0.717) is 30.0 Å². The fourth-order valence-corrected chi connectivity index (χ4v) is 5.08. The van der Waals surface area contributed by atoms with E-state index in [-0.39, 0.29) is 18.4 Å². The molecule has 6 heteroatoms. The molecule has 0 bridgehead atoms. The van der Waals surface area contributed by atoms with Gasteiger partial charge < -0.3 is 14.1 Å². The third-order valence-corrected chi connectivity index (χ3v) is 7.09. The highest BCUT2D eigenvalue weighted by Crippen LogP contribution is 2.30. The first kappa shape index (κ1) is 23.8. The molecule has 0 saturated carbocycles. The Labute approximate surface area is 210 Å². The van der Waals surface area contributed by atoms with Gasteiger partial charge in [-0.25, -0.2) is 4.79 Å². The minimum atomic E-state index is -0.464. The van der Waals surface area contributed by atoms with Crippen LogP contribution in [0.2, 0.25) is 0 Å². The second kappa shape index (κ2) is 10.4. The minimum Gasteiger partial charge on any atom is -0.497 e. The molecule has 0 aliphatic carbocycles. The third kappa shape index (κ3) is 4.77. The number of carbonyl (C=O) groups is 1. The molecule has 2 heterocycles. The number of aryl methyl sites for hydroxylation is 1. The SMILES string of the molecule is COc1ccc2c(C)c(CC(=O)N3CCN(C(c4ccccc4)c4ccccc4)CC3)c(=O)oc2c1. The molecule has 5 rings (SSSR count). The summed E-state index contributed by atoms with van der Waals surface area (Å²) in [6.07, 6.45) is 0.0386. The largest absolute Gasteiger partial charge is 0.497 e. The van der Waals surface area contributed by atoms with Gasteiger partial charge in [0, 0.05) is 37.6 Å². The van der Waals surface area contributed by atoms with Gasteiger partial charge in [0.25, 0.3) is 0 Å². The number of fused-ring (bicyclic) bond motifs is 1. The van der Waals surface area contributed by atoms with E-state index in [1.165, 1.54) is 11.1 Å². The maximum atomic E-state index is 13.2. The van der Waals surface area contributed by atoms with Gasteiger partial charge in [-0.05, 0) is 35.7 Å². The van der Waals surface area contributed by atoms with E-state index >= 15 is 0 Å². The number of ether oxygens (including phenoxy) is 1. The Morgan fingerprint density at radius 3 is 2.11 bits per heavy atom. The van der Waals surface area contributed by atoms with E-state index in [9.17, 15) is 9.59 Å². The zero-order valence-corrected chi connectivity index (χ0v) is 20.6. The van der Waals surface area contributed by atoms with E-state index in [2.05, 4.69) is 53.4 Å². The van der Waals surface area contributed by atoms with Crippen LogP contribution >= 0.6 is 0 Å². The molecular formula is C30H30N2O4. The van der Waals surface area contributed by atoms with Crippen LogP contribution in [0.25, 0.3) is 11.0 Å². The summed E-state index contributed by atoms with van der Waals surface area (Å²) in [5, 5.41) is 0.816. The second-order valence-electron chi connectivity index (χ2n) is 9.17. The molecule has 4 aromatic rings. The number of methoxy groups -OCH3 is 1. The van der Waals surface area contributed by atoms with Crippen molar-refractivity contribution in [3.63, 3.8) is 0 Å². The molecule has 0 spiro atoms. The van der Waals surface area contributed by atoms with Crippen molar-refractivity contribution < 1.29 is 13.9 Å². The van der Waals surface area contributed by atoms with Crippen LogP contribution in [-0.2, 0) is 11.2 Å². The maximum absolute atomic E-state index is 13.2. The Bertz CT molecular complexity index is 1370. The van der Waals surface area contributed by atoms with Crippen molar-refractivity contribution in [2.75, 3.05) is 33.3 Å². The normalized spacial score (nSPS) is 14.4. The molecule has 0 unspecified atom stereocenters. The lowest BCUT2D eigenvalue weighted by atomic mass is 9.96. The molecule has 0 radical (unpaired) electrons. The van der Waals surface area contributed by atoms with Crippen LogP contribution in [0, 0.1) is 6.92 Å². The third-order valence-electron chi connectivity index (χ3n) is 7.09. The number of hydrogen-bond acceptors (Lipinski definition) is 5. The molecule has 1 aliphatic heterocycles. The predicted molar refractivity (Wildman–Crippen MR) is 140 cm³/mol. The monoisotopic (exact) mass is 482 g/mol. The molecule has 1 saturated heterocycles. The maximum Gasteiger partial charge on any atom is 0.340 e. The molecule has 6 nitrogen and oxygen atoms in total. The smallest absolute Gasteiger partial charge is 0.340 e. The number of benzene rings is 3. The van der Waals surface area contributed by atoms with Crippen LogP contribution in [0.1, 0.15) is 28.3 Å². The van der Waals surface area contributed by atoms with Gasteiger partial charge in [-0.3, -0.25) is 9.69 Å². The van der Waals surface area contributed by atoms with Gasteiger partial charge in [0.1, 0.15) is 11.3 Å². The molecule has 0 atom stereocenters. The number of rotatable bonds is 6. The van der Waals surface area contributed by atoms with Gasteiger partial charge in [-0.15, -0.1) is 0 Å². The first-order valence-electron chi connectivity index (χ1n) is 12.3. The second-order valence-corrected chi connectivity index (χ2v) is 9.17. The van der Waals surface area contributed by atoms with Crippen LogP contribution in [0.15, 0.2) is 88.1 Å². The van der Waals surface area contributed by atoms with Gasteiger partial charge in [-0.2, -0.15) is 0 Å². The van der Waals surface area contributed by atoms with Gasteiger partial charge in [0.15, 0.2) is 0 Å². The number of amides is 1. The molecule has 1 aliphatic rings. The van der Waals surface area contributed by atoms with Crippen molar-refractivity contribution in [3.8, 4) is 5.75 Å². The van der Waals surface area contributed by atoms with Crippen molar-refractivity contribution in [1.82, 2.24) is 9.80 Å². The summed E-state index contributed by atoms with van der Waals surface area (Å²) < 4.78 is 10.8. The fraction of sp³-hybridized carbons (Fsp3) is 0.267. The molecular weight excluding hydrogens is 452 g/mol. The quantitative estimate of drug-likeness (QED) is 0.376. The minimum absolute atomic E-state index is 0.0386. The van der Waals surface area contributed by atoms with Crippen LogP contribution < -0.4 is 10.4 Å². The summed E-state index contributed by atoms with van der Waals surface area (Å²) in [4.78, 5) is 30.3. The van der Waals surface area contributed by atoms with Crippen molar-refractivity contribution >= 4 is 16.9 Å². The molecule has 3 aromatic carbocycles. The van der Waals surface area contributed by atoms with Crippen LogP contribution in [0.5, 0.6) is 5.75 Å². The average Bonchev–Trinajstić information content (AvgIpc) is 2.92. The fourth-order valence-electron chi connectivity index (χ4n) is 5.08. The summed E-state index contributed by atoms with van der Waals surface area (Å²) in [5.41, 5.74) is 3.69. The van der Waals surface area contributed by atoms with Gasteiger partial charge in [-0.1, -0.05) is 60.7 Å². The standard InChI is InChI=1S/C30H30N2O4/c1-21-25-14-13-24(35-2)19-27(25)36-30(34)26(21)20-28(33)31-15-17-32(18-16-31)29(22-9-5-3-6-10-22)23-11-7-4-8-12-23/h3-14,19,29H,15-18,20H2,1-2H3. The summed E-state index contributed by atoms with van der Waals surface area (Å²) in [6.45, 7) is 4.61. The zero-order chi connectivity index (χ0) is 25.1. The van der Waals surface area contributed by atoms with Crippen LogP contribution in [-0.4, -0.2) is 49.0 Å². The number of hydrogen-bond donors (Lipinski definition) is 0. The highest BCUT2D eigenvalue weighted by Gasteiger charge is 2.29. The summed E-state index contributed by atoms with van der Waals surface area (Å²) in [6, 6.07) is 26.5. The van der Waals surface area contributed by atoms with E-state index in [1.54, 1.807) is 13.2 Å². The first-order valence-corrected chi connectivity index (χ1v) is 12.3. The average molecular weight is 483 g/mol. The zero-order valence-electron chi connectivity index (χ0n) is 20.6. The van der Waals surface area contributed by atoms with Crippen molar-refractivity contribution in [2.45, 2.75) is 19.4 Å². The van der Waals surface area contributed by atoms with Crippen molar-refractivity contribution in [2.24, 2.45) is 0 Å². The van der Waals surface area contributed by atoms with Crippen LogP contribution in [0.3, 0.4) is 0 Å². The van der Waals surface area contributed by atoms with E-state index in [1.807, 2.05) is 36.1 Å². The Morgan fingerprint density at radius 1 is 0.917 bits per heavy atom. The molecule has 0 N–H and O–H groups in total. The van der Waals surface area contributed by atoms with E-state index < -0.39 is 5.63 Å². The van der Waals surface area contributed by atoms with Gasteiger partial charge >= 0.3 is 5.63 Å². The number of carbonyl (C=O) groups excluding carboxylic acids is 1. The Hall–Kier alpha value is -3.90. The molecule has 1 aromatic heterocycles. The Morgan fingerprint density at radius 2 is 1.53 bits per heavy atom. The molecule has 184 valence electrons. The molecule has 1 amide bonds. The summed E-state index contributed by atoms with van der Waals surface area (Å²) in [7, 11) is 1.57. The van der Waals surface area contributed by atoms with E-state index in [0.717, 1.165) is 24.0 Å². The van der Waals surface area contributed by atoms with E-state index in [4.69, 9.17) is 9.15 Å². The number of nitrogens with zero attached hydrogens (tertiary/aromatic N) is 2. The Kier molecular flexibility index (Phi) is 6.87. The number of piperazine rings is 1. The lowest BCUT2D eigenvalue weighted by Crippen LogP contribution is -2.50. The van der Waals surface area contributed by atoms with Crippen LogP contribution in [0.4, 0.5) is 0 Å². The lowest BCUT2D eigenvalue weighted by molar-refractivity contribution is -0.132. The Balaban J connectivity index is 1.31. The topological polar surface area (TPSA) is 63.0 Å². The highest BCUT2D eigenvalue weighted by molar-refractivity contribution is 5.85. The first-order chi connectivity index (χ1) is 17.5.